The molecule has 3 nitrogen and oxygen atoms in total. The number of hydrogen-bond donors (Lipinski definition) is 0. The fourth-order valence-electron chi connectivity index (χ4n) is 1.33. The highest BCUT2D eigenvalue weighted by atomic mass is 16.5. The van der Waals surface area contributed by atoms with Crippen molar-refractivity contribution in [2.75, 3.05) is 18.6 Å². The highest BCUT2D eigenvalue weighted by molar-refractivity contribution is 5.88. The zero-order valence-corrected chi connectivity index (χ0v) is 9.93. The van der Waals surface area contributed by atoms with Crippen molar-refractivity contribution < 1.29 is 9.53 Å². The second-order valence-corrected chi connectivity index (χ2v) is 3.48. The number of benzene rings is 1. The van der Waals surface area contributed by atoms with Crippen LogP contribution in [-0.4, -0.2) is 19.6 Å². The van der Waals surface area contributed by atoms with Crippen molar-refractivity contribution in [2.45, 2.75) is 13.8 Å². The van der Waals surface area contributed by atoms with E-state index in [0.29, 0.717) is 12.2 Å². The third kappa shape index (κ3) is 3.42. The van der Waals surface area contributed by atoms with Gasteiger partial charge in [-0.2, -0.15) is 0 Å². The van der Waals surface area contributed by atoms with Crippen LogP contribution in [0.5, 0.6) is 0 Å². The minimum absolute atomic E-state index is 0.273. The first-order valence-electron chi connectivity index (χ1n) is 5.28. The average molecular weight is 219 g/mol. The van der Waals surface area contributed by atoms with Crippen molar-refractivity contribution >= 4 is 11.7 Å². The third-order valence-corrected chi connectivity index (χ3v) is 2.15. The Morgan fingerprint density at radius 2 is 2.00 bits per heavy atom. The summed E-state index contributed by atoms with van der Waals surface area (Å²) in [6.45, 7) is 3.95. The van der Waals surface area contributed by atoms with E-state index in [9.17, 15) is 4.79 Å². The molecule has 0 amide bonds. The molecule has 0 aliphatic rings. The maximum absolute atomic E-state index is 11.4. The predicted molar refractivity (Wildman–Crippen MR) is 65.2 cm³/mol. The molecule has 0 aliphatic carbocycles. The number of carbonyl (C=O) groups is 1. The lowest BCUT2D eigenvalue weighted by Gasteiger charge is -2.15. The van der Waals surface area contributed by atoms with Gasteiger partial charge >= 0.3 is 5.97 Å². The Bertz CT molecular complexity index is 371. The molecule has 0 aromatic heterocycles. The quantitative estimate of drug-likeness (QED) is 0.576. The second-order valence-electron chi connectivity index (χ2n) is 3.48. The Hall–Kier alpha value is -1.77. The average Bonchev–Trinajstić information content (AvgIpc) is 2.30. The lowest BCUT2D eigenvalue weighted by Crippen LogP contribution is -2.13. The minimum atomic E-state index is -0.273. The molecule has 0 saturated carbocycles. The van der Waals surface area contributed by atoms with E-state index in [1.165, 1.54) is 0 Å². The summed E-state index contributed by atoms with van der Waals surface area (Å²) in [5.74, 6) is -0.273. The van der Waals surface area contributed by atoms with Crippen molar-refractivity contribution in [2.24, 2.45) is 0 Å². The van der Waals surface area contributed by atoms with Crippen molar-refractivity contribution in [1.29, 1.82) is 0 Å². The first kappa shape index (κ1) is 12.3. The molecule has 0 heterocycles. The fraction of sp³-hybridized carbons (Fsp3) is 0.308. The molecule has 0 saturated heterocycles. The SMILES string of the molecule is CCOC(=O)/C(C)=C/N(C)c1ccccc1. The van der Waals surface area contributed by atoms with Gasteiger partial charge in [0.25, 0.3) is 0 Å². The molecule has 0 N–H and O–H groups in total. The zero-order valence-electron chi connectivity index (χ0n) is 9.93. The number of ether oxygens (including phenoxy) is 1. The zero-order chi connectivity index (χ0) is 12.0. The summed E-state index contributed by atoms with van der Waals surface area (Å²) in [6.07, 6.45) is 1.77. The van der Waals surface area contributed by atoms with Crippen LogP contribution in [-0.2, 0) is 9.53 Å². The van der Waals surface area contributed by atoms with Gasteiger partial charge in [0.2, 0.25) is 0 Å². The molecule has 16 heavy (non-hydrogen) atoms. The van der Waals surface area contributed by atoms with Gasteiger partial charge in [0.1, 0.15) is 0 Å². The van der Waals surface area contributed by atoms with Crippen LogP contribution in [0, 0.1) is 0 Å². The highest BCUT2D eigenvalue weighted by Gasteiger charge is 2.05. The van der Waals surface area contributed by atoms with Crippen molar-refractivity contribution in [3.63, 3.8) is 0 Å². The van der Waals surface area contributed by atoms with Crippen LogP contribution in [0.4, 0.5) is 5.69 Å². The number of carbonyl (C=O) groups excluding carboxylic acids is 1. The monoisotopic (exact) mass is 219 g/mol. The van der Waals surface area contributed by atoms with Crippen LogP contribution in [0.3, 0.4) is 0 Å². The van der Waals surface area contributed by atoms with E-state index in [4.69, 9.17) is 4.74 Å². The summed E-state index contributed by atoms with van der Waals surface area (Å²) in [7, 11) is 1.90. The molecule has 1 rings (SSSR count). The molecule has 0 fully saturated rings. The van der Waals surface area contributed by atoms with E-state index in [-0.39, 0.29) is 5.97 Å². The van der Waals surface area contributed by atoms with E-state index in [0.717, 1.165) is 5.69 Å². The summed E-state index contributed by atoms with van der Waals surface area (Å²) in [5, 5.41) is 0. The molecular weight excluding hydrogens is 202 g/mol. The number of para-hydroxylation sites is 1. The largest absolute Gasteiger partial charge is 0.463 e. The van der Waals surface area contributed by atoms with Crippen LogP contribution in [0.25, 0.3) is 0 Å². The number of nitrogens with zero attached hydrogens (tertiary/aromatic N) is 1. The van der Waals surface area contributed by atoms with Crippen LogP contribution < -0.4 is 4.90 Å². The minimum Gasteiger partial charge on any atom is -0.463 e. The number of hydrogen-bond acceptors (Lipinski definition) is 3. The normalized spacial score (nSPS) is 11.1. The maximum Gasteiger partial charge on any atom is 0.335 e. The Morgan fingerprint density at radius 1 is 1.38 bits per heavy atom. The molecular formula is C13H17NO2. The summed E-state index contributed by atoms with van der Waals surface area (Å²) in [4.78, 5) is 13.3. The first-order chi connectivity index (χ1) is 7.65. The van der Waals surface area contributed by atoms with Gasteiger partial charge in [-0.25, -0.2) is 4.79 Å². The van der Waals surface area contributed by atoms with Crippen LogP contribution >= 0.6 is 0 Å². The van der Waals surface area contributed by atoms with Gasteiger partial charge in [-0.3, -0.25) is 0 Å². The van der Waals surface area contributed by atoms with E-state index >= 15 is 0 Å². The molecule has 0 spiro atoms. The lowest BCUT2D eigenvalue weighted by molar-refractivity contribution is -0.138. The Morgan fingerprint density at radius 3 is 2.56 bits per heavy atom. The standard InChI is InChI=1S/C13H17NO2/c1-4-16-13(15)11(2)10-14(3)12-8-6-5-7-9-12/h5-10H,4H2,1-3H3/b11-10+. The van der Waals surface area contributed by atoms with Crippen molar-refractivity contribution in [3.05, 3.63) is 42.1 Å². The summed E-state index contributed by atoms with van der Waals surface area (Å²) in [5.41, 5.74) is 1.62. The van der Waals surface area contributed by atoms with Gasteiger partial charge < -0.3 is 9.64 Å². The molecule has 0 unspecified atom stereocenters. The van der Waals surface area contributed by atoms with Gasteiger partial charge in [0.05, 0.1) is 12.2 Å². The van der Waals surface area contributed by atoms with E-state index in [2.05, 4.69) is 0 Å². The number of rotatable bonds is 4. The van der Waals surface area contributed by atoms with Gasteiger partial charge in [-0.1, -0.05) is 18.2 Å². The van der Waals surface area contributed by atoms with Gasteiger partial charge in [0.15, 0.2) is 0 Å². The van der Waals surface area contributed by atoms with Gasteiger partial charge in [-0.15, -0.1) is 0 Å². The number of anilines is 1. The van der Waals surface area contributed by atoms with Gasteiger partial charge in [-0.05, 0) is 26.0 Å². The summed E-state index contributed by atoms with van der Waals surface area (Å²) in [6, 6.07) is 9.84. The Labute approximate surface area is 96.3 Å². The molecule has 1 aromatic carbocycles. The molecule has 0 bridgehead atoms. The van der Waals surface area contributed by atoms with E-state index < -0.39 is 0 Å². The molecule has 0 atom stereocenters. The topological polar surface area (TPSA) is 29.5 Å². The Balaban J connectivity index is 2.73. The predicted octanol–water partition coefficient (Wildman–Crippen LogP) is 2.59. The molecule has 0 radical (unpaired) electrons. The van der Waals surface area contributed by atoms with Crippen LogP contribution in [0.15, 0.2) is 42.1 Å². The lowest BCUT2D eigenvalue weighted by atomic mass is 10.3. The highest BCUT2D eigenvalue weighted by Crippen LogP contribution is 2.12. The van der Waals surface area contributed by atoms with E-state index in [1.54, 1.807) is 20.0 Å². The van der Waals surface area contributed by atoms with E-state index in [1.807, 2.05) is 42.3 Å². The molecule has 86 valence electrons. The summed E-state index contributed by atoms with van der Waals surface area (Å²) < 4.78 is 4.91. The molecule has 3 heteroatoms. The van der Waals surface area contributed by atoms with Gasteiger partial charge in [0, 0.05) is 18.9 Å². The second kappa shape index (κ2) is 5.95. The third-order valence-electron chi connectivity index (χ3n) is 2.15. The van der Waals surface area contributed by atoms with Crippen LogP contribution in [0.1, 0.15) is 13.8 Å². The van der Waals surface area contributed by atoms with Crippen LogP contribution in [0.2, 0.25) is 0 Å². The van der Waals surface area contributed by atoms with Crippen molar-refractivity contribution in [3.8, 4) is 0 Å². The molecule has 1 aromatic rings. The fourth-order valence-corrected chi connectivity index (χ4v) is 1.33. The smallest absolute Gasteiger partial charge is 0.335 e. The first-order valence-corrected chi connectivity index (χ1v) is 5.28. The summed E-state index contributed by atoms with van der Waals surface area (Å²) >= 11 is 0. The van der Waals surface area contributed by atoms with Crippen molar-refractivity contribution in [1.82, 2.24) is 0 Å². The maximum atomic E-state index is 11.4. The Kier molecular flexibility index (Phi) is 4.58. The molecule has 0 aliphatic heterocycles. The number of esters is 1.